The van der Waals surface area contributed by atoms with E-state index in [1.165, 1.54) is 10.3 Å². The van der Waals surface area contributed by atoms with Gasteiger partial charge in [0.05, 0.1) is 23.0 Å². The third kappa shape index (κ3) is 3.68. The molecule has 0 aliphatic carbocycles. The summed E-state index contributed by atoms with van der Waals surface area (Å²) in [7, 11) is 0. The number of nitrogens with one attached hydrogen (secondary N) is 1. The smallest absolute Gasteiger partial charge is 0.115 e. The summed E-state index contributed by atoms with van der Waals surface area (Å²) in [5, 5.41) is 8.99. The zero-order valence-corrected chi connectivity index (χ0v) is 13.4. The Balaban J connectivity index is 1.69. The van der Waals surface area contributed by atoms with Gasteiger partial charge in [0.15, 0.2) is 0 Å². The highest BCUT2D eigenvalue weighted by Gasteiger charge is 2.10. The molecule has 0 unspecified atom stereocenters. The zero-order chi connectivity index (χ0) is 14.9. The molecule has 0 atom stereocenters. The monoisotopic (exact) mass is 300 g/mol. The van der Waals surface area contributed by atoms with Gasteiger partial charge in [0.25, 0.3) is 0 Å². The molecule has 0 fully saturated rings. The molecule has 3 rings (SSSR count). The molecule has 0 radical (unpaired) electrons. The van der Waals surface area contributed by atoms with Gasteiger partial charge < -0.3 is 5.32 Å². The normalized spacial score (nSPS) is 12.1. The van der Waals surface area contributed by atoms with E-state index in [2.05, 4.69) is 60.6 Å². The number of hydrogen-bond donors (Lipinski definition) is 1. The molecule has 21 heavy (non-hydrogen) atoms. The average Bonchev–Trinajstić information content (AvgIpc) is 3.01. The fourth-order valence-corrected chi connectivity index (χ4v) is 3.04. The van der Waals surface area contributed by atoms with E-state index >= 15 is 0 Å². The summed E-state index contributed by atoms with van der Waals surface area (Å²) in [4.78, 5) is 4.64. The quantitative estimate of drug-likeness (QED) is 0.802. The molecular weight excluding hydrogens is 280 g/mol. The van der Waals surface area contributed by atoms with Crippen LogP contribution in [0.3, 0.4) is 0 Å². The standard InChI is InChI=1S/C16H20N4S/c1-16(2,3)17-8-12-9-18-20(10-12)11-15-19-13-6-4-5-7-14(13)21-15/h4-7,9-10,17H,8,11H2,1-3H3. The lowest BCUT2D eigenvalue weighted by molar-refractivity contribution is 0.424. The molecular formula is C16H20N4S. The SMILES string of the molecule is CC(C)(C)NCc1cnn(Cc2nc3ccccc3s2)c1. The van der Waals surface area contributed by atoms with Crippen LogP contribution in [-0.4, -0.2) is 20.3 Å². The lowest BCUT2D eigenvalue weighted by Gasteiger charge is -2.19. The molecule has 1 N–H and O–H groups in total. The molecule has 2 heterocycles. The van der Waals surface area contributed by atoms with Crippen molar-refractivity contribution < 1.29 is 0 Å². The third-order valence-corrected chi connectivity index (χ3v) is 4.17. The minimum atomic E-state index is 0.120. The Morgan fingerprint density at radius 3 is 2.81 bits per heavy atom. The highest BCUT2D eigenvalue weighted by atomic mass is 32.1. The lowest BCUT2D eigenvalue weighted by atomic mass is 10.1. The van der Waals surface area contributed by atoms with Crippen molar-refractivity contribution in [2.45, 2.75) is 39.4 Å². The Morgan fingerprint density at radius 2 is 2.05 bits per heavy atom. The minimum Gasteiger partial charge on any atom is -0.308 e. The molecule has 0 spiro atoms. The Hall–Kier alpha value is -1.72. The third-order valence-electron chi connectivity index (χ3n) is 3.14. The van der Waals surface area contributed by atoms with E-state index in [4.69, 9.17) is 0 Å². The summed E-state index contributed by atoms with van der Waals surface area (Å²) >= 11 is 1.73. The van der Waals surface area contributed by atoms with Crippen LogP contribution in [0.4, 0.5) is 0 Å². The molecule has 4 nitrogen and oxygen atoms in total. The summed E-state index contributed by atoms with van der Waals surface area (Å²) < 4.78 is 3.19. The Kier molecular flexibility index (Phi) is 3.78. The highest BCUT2D eigenvalue weighted by Crippen LogP contribution is 2.22. The van der Waals surface area contributed by atoms with E-state index in [1.54, 1.807) is 11.3 Å². The van der Waals surface area contributed by atoms with Gasteiger partial charge in [-0.1, -0.05) is 12.1 Å². The van der Waals surface area contributed by atoms with E-state index in [1.807, 2.05) is 16.9 Å². The molecule has 0 saturated heterocycles. The molecule has 110 valence electrons. The van der Waals surface area contributed by atoms with E-state index in [0.29, 0.717) is 0 Å². The molecule has 0 saturated carbocycles. The van der Waals surface area contributed by atoms with Gasteiger partial charge in [-0.15, -0.1) is 11.3 Å². The van der Waals surface area contributed by atoms with Crippen molar-refractivity contribution in [1.29, 1.82) is 0 Å². The van der Waals surface area contributed by atoms with Gasteiger partial charge in [-0.3, -0.25) is 4.68 Å². The first-order valence-electron chi connectivity index (χ1n) is 7.10. The first kappa shape index (κ1) is 14.2. The van der Waals surface area contributed by atoms with Gasteiger partial charge in [0.1, 0.15) is 5.01 Å². The van der Waals surface area contributed by atoms with Crippen LogP contribution in [0.25, 0.3) is 10.2 Å². The van der Waals surface area contributed by atoms with Crippen LogP contribution in [0.5, 0.6) is 0 Å². The number of fused-ring (bicyclic) bond motifs is 1. The maximum absolute atomic E-state index is 4.64. The van der Waals surface area contributed by atoms with Gasteiger partial charge in [0, 0.05) is 23.8 Å². The van der Waals surface area contributed by atoms with Gasteiger partial charge >= 0.3 is 0 Å². The molecule has 0 aliphatic rings. The summed E-state index contributed by atoms with van der Waals surface area (Å²) in [5.74, 6) is 0. The van der Waals surface area contributed by atoms with Gasteiger partial charge in [-0.25, -0.2) is 4.98 Å². The number of aromatic nitrogens is 3. The molecule has 1 aromatic carbocycles. The van der Waals surface area contributed by atoms with Crippen LogP contribution in [0.15, 0.2) is 36.7 Å². The first-order valence-corrected chi connectivity index (χ1v) is 7.92. The average molecular weight is 300 g/mol. The van der Waals surface area contributed by atoms with Crippen LogP contribution in [0, 0.1) is 0 Å². The topological polar surface area (TPSA) is 42.7 Å². The molecule has 0 aliphatic heterocycles. The fourth-order valence-electron chi connectivity index (χ4n) is 2.08. The number of para-hydroxylation sites is 1. The molecule has 0 amide bonds. The molecule has 2 aromatic heterocycles. The Bertz CT molecular complexity index is 703. The number of hydrogen-bond acceptors (Lipinski definition) is 4. The van der Waals surface area contributed by atoms with Gasteiger partial charge in [-0.2, -0.15) is 5.10 Å². The van der Waals surface area contributed by atoms with Crippen LogP contribution in [0.2, 0.25) is 0 Å². The number of benzene rings is 1. The summed E-state index contributed by atoms with van der Waals surface area (Å²) in [6, 6.07) is 8.24. The second kappa shape index (κ2) is 5.58. The van der Waals surface area contributed by atoms with Crippen molar-refractivity contribution >= 4 is 21.6 Å². The second-order valence-electron chi connectivity index (χ2n) is 6.23. The summed E-state index contributed by atoms with van der Waals surface area (Å²) in [6.45, 7) is 8.06. The van der Waals surface area contributed by atoms with Crippen molar-refractivity contribution in [3.63, 3.8) is 0 Å². The predicted molar refractivity (Wildman–Crippen MR) is 87.5 cm³/mol. The summed E-state index contributed by atoms with van der Waals surface area (Å²) in [5.41, 5.74) is 2.39. The number of rotatable bonds is 4. The summed E-state index contributed by atoms with van der Waals surface area (Å²) in [6.07, 6.45) is 4.01. The second-order valence-corrected chi connectivity index (χ2v) is 7.34. The zero-order valence-electron chi connectivity index (χ0n) is 12.6. The minimum absolute atomic E-state index is 0.120. The predicted octanol–water partition coefficient (Wildman–Crippen LogP) is 3.43. The van der Waals surface area contributed by atoms with Crippen LogP contribution < -0.4 is 5.32 Å². The largest absolute Gasteiger partial charge is 0.308 e. The van der Waals surface area contributed by atoms with Gasteiger partial charge in [0.2, 0.25) is 0 Å². The van der Waals surface area contributed by atoms with Crippen LogP contribution >= 0.6 is 11.3 Å². The molecule has 0 bridgehead atoms. The van der Waals surface area contributed by atoms with Crippen molar-refractivity contribution in [2.24, 2.45) is 0 Å². The maximum Gasteiger partial charge on any atom is 0.115 e. The Morgan fingerprint density at radius 1 is 1.24 bits per heavy atom. The van der Waals surface area contributed by atoms with E-state index in [-0.39, 0.29) is 5.54 Å². The van der Waals surface area contributed by atoms with Crippen LogP contribution in [-0.2, 0) is 13.1 Å². The number of nitrogens with zero attached hydrogens (tertiary/aromatic N) is 3. The maximum atomic E-state index is 4.64. The Labute approximate surface area is 128 Å². The van der Waals surface area contributed by atoms with Crippen molar-refractivity contribution in [2.75, 3.05) is 0 Å². The van der Waals surface area contributed by atoms with Crippen molar-refractivity contribution in [3.05, 3.63) is 47.2 Å². The van der Waals surface area contributed by atoms with Gasteiger partial charge in [-0.05, 0) is 32.9 Å². The fraction of sp³-hybridized carbons (Fsp3) is 0.375. The highest BCUT2D eigenvalue weighted by molar-refractivity contribution is 7.18. The molecule has 5 heteroatoms. The van der Waals surface area contributed by atoms with Crippen LogP contribution in [0.1, 0.15) is 31.3 Å². The van der Waals surface area contributed by atoms with E-state index < -0.39 is 0 Å². The lowest BCUT2D eigenvalue weighted by Crippen LogP contribution is -2.34. The van der Waals surface area contributed by atoms with E-state index in [0.717, 1.165) is 23.6 Å². The van der Waals surface area contributed by atoms with Crippen molar-refractivity contribution in [1.82, 2.24) is 20.1 Å². The number of thiazole rings is 1. The van der Waals surface area contributed by atoms with Crippen molar-refractivity contribution in [3.8, 4) is 0 Å². The first-order chi connectivity index (χ1) is 9.99. The molecule has 3 aromatic rings. The van der Waals surface area contributed by atoms with E-state index in [9.17, 15) is 0 Å².